The highest BCUT2D eigenvalue weighted by Gasteiger charge is 2.16. The Hall–Kier alpha value is -1.47. The lowest BCUT2D eigenvalue weighted by atomic mass is 10.2. The summed E-state index contributed by atoms with van der Waals surface area (Å²) >= 11 is 5.67. The minimum atomic E-state index is -0.941. The minimum absolute atomic E-state index is 0.0125. The standard InChI is InChI=1S/C12H15ClN2O4S/c1-8(20(2)19)5-6-14-12(16)9-3-4-10(13)11(7-9)15(17)18/h3-4,7-8H,5-6H2,1-2H3,(H,14,16). The molecule has 2 unspecified atom stereocenters. The fourth-order valence-corrected chi connectivity index (χ4v) is 2.09. The van der Waals surface area contributed by atoms with Crippen LogP contribution in [0.4, 0.5) is 5.69 Å². The van der Waals surface area contributed by atoms with Gasteiger partial charge in [-0.05, 0) is 18.6 Å². The number of hydrogen-bond acceptors (Lipinski definition) is 4. The molecule has 1 aromatic rings. The maximum absolute atomic E-state index is 11.8. The van der Waals surface area contributed by atoms with Crippen LogP contribution in [0.3, 0.4) is 0 Å². The van der Waals surface area contributed by atoms with Crippen LogP contribution in [-0.4, -0.2) is 33.1 Å². The van der Waals surface area contributed by atoms with Gasteiger partial charge in [-0.2, -0.15) is 0 Å². The highest BCUT2D eigenvalue weighted by Crippen LogP contribution is 2.24. The fourth-order valence-electron chi connectivity index (χ4n) is 1.45. The van der Waals surface area contributed by atoms with Crippen LogP contribution in [0.15, 0.2) is 18.2 Å². The number of hydrogen-bond donors (Lipinski definition) is 1. The molecule has 0 radical (unpaired) electrons. The van der Waals surface area contributed by atoms with Crippen LogP contribution < -0.4 is 5.32 Å². The quantitative estimate of drug-likeness (QED) is 0.642. The predicted octanol–water partition coefficient (Wildman–Crippen LogP) is 2.14. The summed E-state index contributed by atoms with van der Waals surface area (Å²) in [5.41, 5.74) is -0.131. The van der Waals surface area contributed by atoms with Crippen LogP contribution >= 0.6 is 11.6 Å². The molecule has 0 saturated heterocycles. The molecule has 0 aliphatic rings. The smallest absolute Gasteiger partial charge is 0.288 e. The Morgan fingerprint density at radius 2 is 2.20 bits per heavy atom. The van der Waals surface area contributed by atoms with Crippen LogP contribution in [0.1, 0.15) is 23.7 Å². The van der Waals surface area contributed by atoms with Gasteiger partial charge in [0.15, 0.2) is 0 Å². The number of benzene rings is 1. The summed E-state index contributed by atoms with van der Waals surface area (Å²) in [5.74, 6) is -0.418. The minimum Gasteiger partial charge on any atom is -0.352 e. The van der Waals surface area contributed by atoms with Gasteiger partial charge >= 0.3 is 0 Å². The van der Waals surface area contributed by atoms with Gasteiger partial charge < -0.3 is 5.32 Å². The van der Waals surface area contributed by atoms with Crippen molar-refractivity contribution in [3.8, 4) is 0 Å². The molecule has 8 heteroatoms. The highest BCUT2D eigenvalue weighted by molar-refractivity contribution is 7.84. The molecule has 0 bridgehead atoms. The molecule has 110 valence electrons. The molecule has 6 nitrogen and oxygen atoms in total. The molecule has 1 amide bonds. The van der Waals surface area contributed by atoms with E-state index in [0.717, 1.165) is 6.07 Å². The monoisotopic (exact) mass is 318 g/mol. The molecule has 0 aromatic heterocycles. The topological polar surface area (TPSA) is 89.3 Å². The average molecular weight is 319 g/mol. The van der Waals surface area contributed by atoms with Crippen molar-refractivity contribution in [1.29, 1.82) is 0 Å². The normalized spacial score (nSPS) is 13.6. The summed E-state index contributed by atoms with van der Waals surface area (Å²) in [6.45, 7) is 2.19. The van der Waals surface area contributed by atoms with E-state index in [2.05, 4.69) is 5.32 Å². The highest BCUT2D eigenvalue weighted by atomic mass is 35.5. The van der Waals surface area contributed by atoms with E-state index < -0.39 is 21.6 Å². The van der Waals surface area contributed by atoms with Crippen LogP contribution in [0.2, 0.25) is 5.02 Å². The Morgan fingerprint density at radius 3 is 2.75 bits per heavy atom. The van der Waals surface area contributed by atoms with E-state index in [1.807, 2.05) is 6.92 Å². The molecule has 0 aliphatic carbocycles. The number of nitrogens with zero attached hydrogens (tertiary/aromatic N) is 1. The molecule has 0 fully saturated rings. The van der Waals surface area contributed by atoms with Gasteiger partial charge in [-0.15, -0.1) is 0 Å². The number of nitro benzene ring substituents is 1. The largest absolute Gasteiger partial charge is 0.352 e. The molecule has 1 aromatic carbocycles. The summed E-state index contributed by atoms with van der Waals surface area (Å²) in [6, 6.07) is 3.88. The lowest BCUT2D eigenvalue weighted by Gasteiger charge is -2.09. The lowest BCUT2D eigenvalue weighted by Crippen LogP contribution is -2.27. The van der Waals surface area contributed by atoms with Gasteiger partial charge in [-0.3, -0.25) is 19.1 Å². The Bertz CT molecular complexity index is 550. The van der Waals surface area contributed by atoms with E-state index in [1.54, 1.807) is 6.26 Å². The second-order valence-corrected chi connectivity index (χ2v) is 6.49. The Balaban J connectivity index is 2.67. The summed E-state index contributed by atoms with van der Waals surface area (Å²) in [5, 5.41) is 13.3. The van der Waals surface area contributed by atoms with Gasteiger partial charge in [-0.1, -0.05) is 18.5 Å². The van der Waals surface area contributed by atoms with Gasteiger partial charge in [0.2, 0.25) is 0 Å². The SMILES string of the molecule is CC(CCNC(=O)c1ccc(Cl)c([N+](=O)[O-])c1)S(C)=O. The zero-order valence-corrected chi connectivity index (χ0v) is 12.7. The molecule has 2 atom stereocenters. The number of amides is 1. The van der Waals surface area contributed by atoms with Gasteiger partial charge in [0.1, 0.15) is 5.02 Å². The predicted molar refractivity (Wildman–Crippen MR) is 78.6 cm³/mol. The van der Waals surface area contributed by atoms with E-state index in [9.17, 15) is 19.1 Å². The summed E-state index contributed by atoms with van der Waals surface area (Å²) in [6.07, 6.45) is 2.18. The number of halogens is 1. The van der Waals surface area contributed by atoms with Crippen molar-refractivity contribution < 1.29 is 13.9 Å². The summed E-state index contributed by atoms with van der Waals surface area (Å²) < 4.78 is 11.2. The van der Waals surface area contributed by atoms with E-state index >= 15 is 0 Å². The van der Waals surface area contributed by atoms with Crippen molar-refractivity contribution >= 4 is 34.0 Å². The average Bonchev–Trinajstić information content (AvgIpc) is 2.38. The zero-order valence-electron chi connectivity index (χ0n) is 11.1. The van der Waals surface area contributed by atoms with Crippen molar-refractivity contribution in [2.75, 3.05) is 12.8 Å². The van der Waals surface area contributed by atoms with E-state index in [0.29, 0.717) is 13.0 Å². The number of nitro groups is 1. The Kier molecular flexibility index (Phi) is 6.09. The zero-order chi connectivity index (χ0) is 15.3. The van der Waals surface area contributed by atoms with Gasteiger partial charge in [-0.25, -0.2) is 0 Å². The summed E-state index contributed by atoms with van der Waals surface area (Å²) in [7, 11) is -0.941. The number of rotatable bonds is 6. The third-order valence-electron chi connectivity index (χ3n) is 2.81. The second kappa shape index (κ2) is 7.35. The van der Waals surface area contributed by atoms with Crippen molar-refractivity contribution in [2.24, 2.45) is 0 Å². The van der Waals surface area contributed by atoms with Crippen LogP contribution in [-0.2, 0) is 10.8 Å². The number of nitrogens with one attached hydrogen (secondary N) is 1. The van der Waals surface area contributed by atoms with Crippen molar-refractivity contribution in [2.45, 2.75) is 18.6 Å². The van der Waals surface area contributed by atoms with E-state index in [4.69, 9.17) is 11.6 Å². The number of carbonyl (C=O) groups is 1. The third-order valence-corrected chi connectivity index (χ3v) is 4.50. The fraction of sp³-hybridized carbons (Fsp3) is 0.417. The third kappa shape index (κ3) is 4.57. The molecule has 20 heavy (non-hydrogen) atoms. The maximum Gasteiger partial charge on any atom is 0.288 e. The first-order valence-electron chi connectivity index (χ1n) is 5.87. The van der Waals surface area contributed by atoms with Crippen LogP contribution in [0, 0.1) is 10.1 Å². The van der Waals surface area contributed by atoms with Crippen LogP contribution in [0.25, 0.3) is 0 Å². The van der Waals surface area contributed by atoms with Crippen molar-refractivity contribution in [3.63, 3.8) is 0 Å². The maximum atomic E-state index is 11.8. The van der Waals surface area contributed by atoms with Gasteiger partial charge in [0, 0.05) is 40.5 Å². The molecule has 0 aliphatic heterocycles. The summed E-state index contributed by atoms with van der Waals surface area (Å²) in [4.78, 5) is 21.9. The van der Waals surface area contributed by atoms with E-state index in [1.165, 1.54) is 12.1 Å². The van der Waals surface area contributed by atoms with Crippen LogP contribution in [0.5, 0.6) is 0 Å². The first kappa shape index (κ1) is 16.6. The first-order valence-corrected chi connectivity index (χ1v) is 7.87. The molecular weight excluding hydrogens is 304 g/mol. The van der Waals surface area contributed by atoms with Crippen molar-refractivity contribution in [1.82, 2.24) is 5.32 Å². The van der Waals surface area contributed by atoms with Crippen molar-refractivity contribution in [3.05, 3.63) is 38.9 Å². The molecular formula is C12H15ClN2O4S. The van der Waals surface area contributed by atoms with Gasteiger partial charge in [0.05, 0.1) is 4.92 Å². The molecule has 0 spiro atoms. The molecule has 1 rings (SSSR count). The Morgan fingerprint density at radius 1 is 1.55 bits per heavy atom. The second-order valence-electron chi connectivity index (χ2n) is 4.28. The lowest BCUT2D eigenvalue weighted by molar-refractivity contribution is -0.384. The Labute approximate surface area is 124 Å². The molecule has 0 saturated carbocycles. The van der Waals surface area contributed by atoms with E-state index in [-0.39, 0.29) is 21.5 Å². The number of carbonyl (C=O) groups excluding carboxylic acids is 1. The molecule has 1 N–H and O–H groups in total. The molecule has 0 heterocycles. The first-order chi connectivity index (χ1) is 9.32. The van der Waals surface area contributed by atoms with Gasteiger partial charge in [0.25, 0.3) is 11.6 Å².